The predicted octanol–water partition coefficient (Wildman–Crippen LogP) is 1.28. The van der Waals surface area contributed by atoms with Crippen molar-refractivity contribution in [3.63, 3.8) is 0 Å². The average Bonchev–Trinajstić information content (AvgIpc) is 2.09. The van der Waals surface area contributed by atoms with Gasteiger partial charge in [-0.1, -0.05) is 0 Å². The van der Waals surface area contributed by atoms with Crippen molar-refractivity contribution < 1.29 is 13.3 Å². The third-order valence-corrected chi connectivity index (χ3v) is 0.828. The number of phenolic OH excluding ortho intramolecular Hbond substituents is 1. The number of hydrogen-bond donors (Lipinski definition) is 2. The summed E-state index contributed by atoms with van der Waals surface area (Å²) in [5.74, 6) is -0.833. The van der Waals surface area contributed by atoms with Crippen LogP contribution in [0.25, 0.3) is 0 Å². The Kier molecular flexibility index (Phi) is 0.418. The Labute approximate surface area is 62.4 Å². The maximum Gasteiger partial charge on any atom is 0.115 e. The molecule has 1 rings (SSSR count). The second-order valence-electron chi connectivity index (χ2n) is 1.51. The molecule has 0 heterocycles. The molecular weight excluding hydrogens is 114 g/mol. The minimum atomic E-state index is -2.68. The standard InChI is InChI=1S/C7H9NO/c1-5-4-6(9)2-3-7(5)8/h2-4,9H,8H2,1H3/i1D3,2D,3D,4D. The molecule has 9 heavy (non-hydrogen) atoms. The van der Waals surface area contributed by atoms with E-state index in [0.29, 0.717) is 0 Å². The summed E-state index contributed by atoms with van der Waals surface area (Å²) in [6, 6.07) is -1.92. The van der Waals surface area contributed by atoms with Gasteiger partial charge in [-0.05, 0) is 30.5 Å². The van der Waals surface area contributed by atoms with Gasteiger partial charge in [0.25, 0.3) is 0 Å². The summed E-state index contributed by atoms with van der Waals surface area (Å²) in [6.45, 7) is -2.68. The van der Waals surface area contributed by atoms with Gasteiger partial charge in [-0.15, -0.1) is 0 Å². The van der Waals surface area contributed by atoms with Gasteiger partial charge in [0.05, 0.1) is 4.11 Å². The predicted molar refractivity (Wildman–Crippen MR) is 37.3 cm³/mol. The largest absolute Gasteiger partial charge is 0.508 e. The van der Waals surface area contributed by atoms with Crippen molar-refractivity contribution in [1.82, 2.24) is 0 Å². The minimum absolute atomic E-state index is 0.456. The van der Waals surface area contributed by atoms with Crippen molar-refractivity contribution >= 4 is 5.69 Å². The molecule has 48 valence electrons. The van der Waals surface area contributed by atoms with Crippen LogP contribution in [0.4, 0.5) is 5.69 Å². The van der Waals surface area contributed by atoms with E-state index in [1.807, 2.05) is 0 Å². The molecule has 0 bridgehead atoms. The fourth-order valence-electron chi connectivity index (χ4n) is 0.406. The van der Waals surface area contributed by atoms with Crippen molar-refractivity contribution in [3.05, 3.63) is 23.7 Å². The van der Waals surface area contributed by atoms with E-state index in [9.17, 15) is 5.11 Å². The van der Waals surface area contributed by atoms with Crippen molar-refractivity contribution in [2.24, 2.45) is 0 Å². The van der Waals surface area contributed by atoms with Crippen LogP contribution >= 0.6 is 0 Å². The molecule has 3 N–H and O–H groups in total. The van der Waals surface area contributed by atoms with E-state index < -0.39 is 42.0 Å². The molecule has 0 fully saturated rings. The van der Waals surface area contributed by atoms with Gasteiger partial charge in [-0.3, -0.25) is 0 Å². The molecule has 0 atom stereocenters. The lowest BCUT2D eigenvalue weighted by atomic mass is 10.2. The van der Waals surface area contributed by atoms with E-state index in [1.54, 1.807) is 0 Å². The highest BCUT2D eigenvalue weighted by atomic mass is 16.3. The van der Waals surface area contributed by atoms with Crippen LogP contribution in [0.15, 0.2) is 18.1 Å². The van der Waals surface area contributed by atoms with E-state index in [0.717, 1.165) is 0 Å². The zero-order valence-electron chi connectivity index (χ0n) is 10.5. The van der Waals surface area contributed by atoms with Crippen LogP contribution in [0.3, 0.4) is 0 Å². The van der Waals surface area contributed by atoms with E-state index in [4.69, 9.17) is 14.0 Å². The second kappa shape index (κ2) is 1.97. The fourth-order valence-corrected chi connectivity index (χ4v) is 0.406. The molecule has 2 nitrogen and oxygen atoms in total. The summed E-state index contributed by atoms with van der Waals surface area (Å²) in [7, 11) is 0. The topological polar surface area (TPSA) is 46.2 Å². The number of benzene rings is 1. The van der Waals surface area contributed by atoms with Crippen LogP contribution in [0.1, 0.15) is 13.8 Å². The van der Waals surface area contributed by atoms with Gasteiger partial charge in [-0.25, -0.2) is 0 Å². The maximum absolute atomic E-state index is 9.26. The molecule has 0 aliphatic carbocycles. The van der Waals surface area contributed by atoms with Crippen molar-refractivity contribution in [2.75, 3.05) is 5.73 Å². The summed E-state index contributed by atoms with van der Waals surface area (Å²) in [5.41, 5.74) is 4.30. The summed E-state index contributed by atoms with van der Waals surface area (Å²) in [6.07, 6.45) is 0. The zero-order chi connectivity index (χ0) is 12.0. The first-order valence-corrected chi connectivity index (χ1v) is 2.26. The van der Waals surface area contributed by atoms with Crippen molar-refractivity contribution in [1.29, 1.82) is 0 Å². The minimum Gasteiger partial charge on any atom is -0.508 e. The Bertz CT molecular complexity index is 384. The molecule has 0 aromatic heterocycles. The molecular formula is C7H9NO. The Morgan fingerprint density at radius 2 is 2.56 bits per heavy atom. The monoisotopic (exact) mass is 129 g/mol. The van der Waals surface area contributed by atoms with Crippen LogP contribution in [-0.4, -0.2) is 5.11 Å². The van der Waals surface area contributed by atoms with Crippen LogP contribution in [0.5, 0.6) is 5.75 Å². The SMILES string of the molecule is [2H]c1c([2H])c(O)c([2H])c(C([2H])([2H])[2H])c1N. The third-order valence-electron chi connectivity index (χ3n) is 0.828. The number of phenols is 1. The first-order chi connectivity index (χ1) is 6.68. The van der Waals surface area contributed by atoms with Gasteiger partial charge in [-0.2, -0.15) is 0 Å². The lowest BCUT2D eigenvalue weighted by molar-refractivity contribution is 0.475. The number of nitrogens with two attached hydrogens (primary N) is 1. The molecule has 0 spiro atoms. The number of nitrogen functional groups attached to an aromatic ring is 1. The summed E-state index contributed by atoms with van der Waals surface area (Å²) in [5, 5.41) is 9.26. The Morgan fingerprint density at radius 1 is 1.78 bits per heavy atom. The Hall–Kier alpha value is -1.18. The molecule has 0 aliphatic rings. The second-order valence-corrected chi connectivity index (χ2v) is 1.51. The highest BCUT2D eigenvalue weighted by Gasteiger charge is 1.91. The molecule has 2 heteroatoms. The molecule has 0 aliphatic heterocycles. The van der Waals surface area contributed by atoms with Gasteiger partial charge < -0.3 is 10.8 Å². The quantitative estimate of drug-likeness (QED) is 0.409. The van der Waals surface area contributed by atoms with Crippen LogP contribution in [-0.2, 0) is 0 Å². The number of rotatable bonds is 0. The highest BCUT2D eigenvalue weighted by Crippen LogP contribution is 2.16. The van der Waals surface area contributed by atoms with Crippen molar-refractivity contribution in [2.45, 2.75) is 6.85 Å². The Morgan fingerprint density at radius 3 is 3.22 bits per heavy atom. The lowest BCUT2D eigenvalue weighted by Gasteiger charge is -1.97. The molecule has 1 aromatic carbocycles. The van der Waals surface area contributed by atoms with Crippen LogP contribution < -0.4 is 5.73 Å². The number of anilines is 1. The van der Waals surface area contributed by atoms with E-state index >= 15 is 0 Å². The third kappa shape index (κ3) is 1.13. The van der Waals surface area contributed by atoms with Gasteiger partial charge in [0.2, 0.25) is 0 Å². The van der Waals surface area contributed by atoms with Gasteiger partial charge in [0.15, 0.2) is 0 Å². The molecule has 0 saturated carbocycles. The first-order valence-electron chi connectivity index (χ1n) is 5.26. The molecule has 0 amide bonds. The van der Waals surface area contributed by atoms with E-state index in [1.165, 1.54) is 0 Å². The van der Waals surface area contributed by atoms with Crippen LogP contribution in [0, 0.1) is 6.85 Å². The van der Waals surface area contributed by atoms with E-state index in [-0.39, 0.29) is 0 Å². The normalized spacial score (nSPS) is 20.4. The summed E-state index contributed by atoms with van der Waals surface area (Å²) < 4.78 is 43.1. The molecule has 0 unspecified atom stereocenters. The van der Waals surface area contributed by atoms with Crippen molar-refractivity contribution in [3.8, 4) is 5.75 Å². The van der Waals surface area contributed by atoms with Gasteiger partial charge in [0, 0.05) is 9.80 Å². The number of aromatic hydroxyl groups is 1. The number of hydrogen-bond acceptors (Lipinski definition) is 2. The molecule has 0 saturated heterocycles. The first kappa shape index (κ1) is 1.90. The lowest BCUT2D eigenvalue weighted by Crippen LogP contribution is -1.86. The zero-order valence-corrected chi connectivity index (χ0v) is 4.52. The average molecular weight is 129 g/mol. The molecule has 1 aromatic rings. The maximum atomic E-state index is 9.26. The summed E-state index contributed by atoms with van der Waals surface area (Å²) in [4.78, 5) is 0. The highest BCUT2D eigenvalue weighted by molar-refractivity contribution is 5.48. The molecule has 0 radical (unpaired) electrons. The fraction of sp³-hybridized carbons (Fsp3) is 0.143. The summed E-state index contributed by atoms with van der Waals surface area (Å²) >= 11 is 0. The van der Waals surface area contributed by atoms with Crippen LogP contribution in [0.2, 0.25) is 0 Å². The Balaban J connectivity index is 3.68. The van der Waals surface area contributed by atoms with E-state index in [2.05, 4.69) is 0 Å². The van der Waals surface area contributed by atoms with Gasteiger partial charge >= 0.3 is 0 Å². The smallest absolute Gasteiger partial charge is 0.115 e. The van der Waals surface area contributed by atoms with Gasteiger partial charge in [0.1, 0.15) is 5.75 Å².